The summed E-state index contributed by atoms with van der Waals surface area (Å²) in [6.07, 6.45) is 0. The van der Waals surface area contributed by atoms with Crippen LogP contribution >= 0.6 is 12.4 Å². The first-order valence-corrected chi connectivity index (χ1v) is 5.62. The van der Waals surface area contributed by atoms with E-state index in [0.717, 1.165) is 26.2 Å². The summed E-state index contributed by atoms with van der Waals surface area (Å²) in [4.78, 5) is 2.24. The number of para-hydroxylation sites is 1. The van der Waals surface area contributed by atoms with Gasteiger partial charge in [-0.3, -0.25) is 4.90 Å². The number of aromatic hydroxyl groups is 1. The molecular formula is C12H18ClFN2O. The van der Waals surface area contributed by atoms with Crippen molar-refractivity contribution >= 4 is 12.4 Å². The zero-order valence-electron chi connectivity index (χ0n) is 9.82. The highest BCUT2D eigenvalue weighted by Crippen LogP contribution is 2.30. The van der Waals surface area contributed by atoms with Crippen molar-refractivity contribution in [2.45, 2.75) is 13.0 Å². The molecule has 2 N–H and O–H groups in total. The summed E-state index contributed by atoms with van der Waals surface area (Å²) in [5.74, 6) is -0.756. The molecule has 2 rings (SSSR count). The molecule has 0 aliphatic carbocycles. The molecule has 1 atom stereocenters. The average molecular weight is 261 g/mol. The zero-order chi connectivity index (χ0) is 11.5. The topological polar surface area (TPSA) is 35.5 Å². The summed E-state index contributed by atoms with van der Waals surface area (Å²) < 4.78 is 13.2. The van der Waals surface area contributed by atoms with E-state index in [4.69, 9.17) is 0 Å². The molecular weight excluding hydrogens is 243 g/mol. The van der Waals surface area contributed by atoms with E-state index >= 15 is 0 Å². The van der Waals surface area contributed by atoms with Gasteiger partial charge in [-0.1, -0.05) is 12.1 Å². The molecule has 1 fully saturated rings. The van der Waals surface area contributed by atoms with Gasteiger partial charge in [-0.25, -0.2) is 4.39 Å². The molecule has 3 nitrogen and oxygen atoms in total. The van der Waals surface area contributed by atoms with Crippen molar-refractivity contribution in [2.75, 3.05) is 26.2 Å². The van der Waals surface area contributed by atoms with Crippen LogP contribution in [0.5, 0.6) is 5.75 Å². The highest BCUT2D eigenvalue weighted by atomic mass is 35.5. The second-order valence-corrected chi connectivity index (χ2v) is 4.14. The van der Waals surface area contributed by atoms with E-state index in [-0.39, 0.29) is 24.2 Å². The van der Waals surface area contributed by atoms with Crippen molar-refractivity contribution in [3.05, 3.63) is 29.6 Å². The molecule has 0 bridgehead atoms. The lowest BCUT2D eigenvalue weighted by Crippen LogP contribution is -2.44. The van der Waals surface area contributed by atoms with Gasteiger partial charge in [0.05, 0.1) is 0 Å². The van der Waals surface area contributed by atoms with Crippen LogP contribution in [0.15, 0.2) is 18.2 Å². The van der Waals surface area contributed by atoms with E-state index in [1.54, 1.807) is 12.1 Å². The Bertz CT molecular complexity index is 370. The van der Waals surface area contributed by atoms with Gasteiger partial charge in [0.25, 0.3) is 0 Å². The van der Waals surface area contributed by atoms with Crippen molar-refractivity contribution in [3.63, 3.8) is 0 Å². The fourth-order valence-electron chi connectivity index (χ4n) is 2.14. The molecule has 1 heterocycles. The van der Waals surface area contributed by atoms with Crippen molar-refractivity contribution < 1.29 is 9.50 Å². The fourth-order valence-corrected chi connectivity index (χ4v) is 2.14. The number of rotatable bonds is 2. The fraction of sp³-hybridized carbons (Fsp3) is 0.500. The summed E-state index contributed by atoms with van der Waals surface area (Å²) in [6, 6.07) is 4.76. The minimum atomic E-state index is -0.542. The summed E-state index contributed by atoms with van der Waals surface area (Å²) >= 11 is 0. The first-order valence-electron chi connectivity index (χ1n) is 5.62. The third-order valence-electron chi connectivity index (χ3n) is 3.17. The van der Waals surface area contributed by atoms with E-state index in [0.29, 0.717) is 5.56 Å². The molecule has 5 heteroatoms. The molecule has 0 unspecified atom stereocenters. The van der Waals surface area contributed by atoms with Gasteiger partial charge in [0.15, 0.2) is 11.6 Å². The second kappa shape index (κ2) is 6.19. The third kappa shape index (κ3) is 3.09. The Labute approximate surface area is 107 Å². The maximum absolute atomic E-state index is 13.2. The van der Waals surface area contributed by atoms with Gasteiger partial charge in [-0.15, -0.1) is 12.4 Å². The largest absolute Gasteiger partial charge is 0.505 e. The zero-order valence-corrected chi connectivity index (χ0v) is 10.6. The van der Waals surface area contributed by atoms with Crippen molar-refractivity contribution in [1.29, 1.82) is 0 Å². The molecule has 1 aliphatic rings. The monoisotopic (exact) mass is 260 g/mol. The Hall–Kier alpha value is -0.840. The Morgan fingerprint density at radius 3 is 2.65 bits per heavy atom. The van der Waals surface area contributed by atoms with Crippen LogP contribution in [-0.4, -0.2) is 36.2 Å². The molecule has 0 spiro atoms. The Morgan fingerprint density at radius 1 is 1.35 bits per heavy atom. The number of benzene rings is 1. The quantitative estimate of drug-likeness (QED) is 0.853. The lowest BCUT2D eigenvalue weighted by atomic mass is 10.0. The van der Waals surface area contributed by atoms with Gasteiger partial charge >= 0.3 is 0 Å². The molecule has 0 radical (unpaired) electrons. The second-order valence-electron chi connectivity index (χ2n) is 4.14. The summed E-state index contributed by atoms with van der Waals surface area (Å²) in [7, 11) is 0. The van der Waals surface area contributed by atoms with Gasteiger partial charge < -0.3 is 10.4 Å². The van der Waals surface area contributed by atoms with Gasteiger partial charge in [-0.2, -0.15) is 0 Å². The van der Waals surface area contributed by atoms with Crippen LogP contribution in [0, 0.1) is 5.82 Å². The molecule has 1 aromatic rings. The molecule has 0 amide bonds. The summed E-state index contributed by atoms with van der Waals surface area (Å²) in [5, 5.41) is 13.0. The highest BCUT2D eigenvalue weighted by molar-refractivity contribution is 5.85. The van der Waals surface area contributed by atoms with Crippen LogP contribution in [-0.2, 0) is 0 Å². The molecule has 0 aromatic heterocycles. The SMILES string of the molecule is C[C@H](c1cccc(F)c1O)N1CCNCC1.Cl. The lowest BCUT2D eigenvalue weighted by Gasteiger charge is -2.33. The van der Waals surface area contributed by atoms with Crippen LogP contribution in [0.25, 0.3) is 0 Å². The molecule has 0 saturated carbocycles. The van der Waals surface area contributed by atoms with Crippen molar-refractivity contribution in [3.8, 4) is 5.75 Å². The predicted molar refractivity (Wildman–Crippen MR) is 68.2 cm³/mol. The maximum atomic E-state index is 13.2. The van der Waals surface area contributed by atoms with Gasteiger partial charge in [0, 0.05) is 37.8 Å². The van der Waals surface area contributed by atoms with E-state index < -0.39 is 5.82 Å². The third-order valence-corrected chi connectivity index (χ3v) is 3.17. The number of piperazine rings is 1. The van der Waals surface area contributed by atoms with E-state index in [1.807, 2.05) is 6.92 Å². The molecule has 17 heavy (non-hydrogen) atoms. The molecule has 1 saturated heterocycles. The van der Waals surface area contributed by atoms with Gasteiger partial charge in [0.2, 0.25) is 0 Å². The summed E-state index contributed by atoms with van der Waals surface area (Å²) in [6.45, 7) is 5.74. The van der Waals surface area contributed by atoms with Crippen LogP contribution in [0.3, 0.4) is 0 Å². The number of phenolic OH excluding ortho intramolecular Hbond substituents is 1. The van der Waals surface area contributed by atoms with Crippen molar-refractivity contribution in [1.82, 2.24) is 10.2 Å². The minimum absolute atomic E-state index is 0. The average Bonchev–Trinajstić information content (AvgIpc) is 2.33. The van der Waals surface area contributed by atoms with Crippen LogP contribution in [0.4, 0.5) is 4.39 Å². The number of hydrogen-bond donors (Lipinski definition) is 2. The molecule has 1 aliphatic heterocycles. The van der Waals surface area contributed by atoms with E-state index in [1.165, 1.54) is 6.07 Å². The smallest absolute Gasteiger partial charge is 0.165 e. The number of halogens is 2. The normalized spacial score (nSPS) is 18.5. The first-order chi connectivity index (χ1) is 7.70. The van der Waals surface area contributed by atoms with E-state index in [2.05, 4.69) is 10.2 Å². The summed E-state index contributed by atoms with van der Waals surface area (Å²) in [5.41, 5.74) is 0.668. The molecule has 1 aromatic carbocycles. The Morgan fingerprint density at radius 2 is 2.00 bits per heavy atom. The first kappa shape index (κ1) is 14.2. The minimum Gasteiger partial charge on any atom is -0.505 e. The predicted octanol–water partition coefficient (Wildman–Crippen LogP) is 1.92. The Kier molecular flexibility index (Phi) is 5.18. The van der Waals surface area contributed by atoms with Crippen molar-refractivity contribution in [2.24, 2.45) is 0 Å². The maximum Gasteiger partial charge on any atom is 0.165 e. The Balaban J connectivity index is 0.00000144. The van der Waals surface area contributed by atoms with Crippen LogP contribution in [0.1, 0.15) is 18.5 Å². The lowest BCUT2D eigenvalue weighted by molar-refractivity contribution is 0.182. The number of nitrogens with zero attached hydrogens (tertiary/aromatic N) is 1. The standard InChI is InChI=1S/C12H17FN2O.ClH/c1-9(15-7-5-14-6-8-15)10-3-2-4-11(13)12(10)16;/h2-4,9,14,16H,5-8H2,1H3;1H/t9-;/m1./s1. The van der Waals surface area contributed by atoms with Gasteiger partial charge in [-0.05, 0) is 13.0 Å². The van der Waals surface area contributed by atoms with Crippen LogP contribution in [0.2, 0.25) is 0 Å². The number of nitrogens with one attached hydrogen (secondary N) is 1. The van der Waals surface area contributed by atoms with Gasteiger partial charge in [0.1, 0.15) is 0 Å². The number of hydrogen-bond acceptors (Lipinski definition) is 3. The highest BCUT2D eigenvalue weighted by Gasteiger charge is 2.21. The number of phenols is 1. The van der Waals surface area contributed by atoms with Crippen LogP contribution < -0.4 is 5.32 Å². The van der Waals surface area contributed by atoms with E-state index in [9.17, 15) is 9.50 Å². The molecule has 96 valence electrons.